The molecule has 0 N–H and O–H groups in total. The van der Waals surface area contributed by atoms with Crippen molar-refractivity contribution in [1.82, 2.24) is 0 Å². The molecule has 11 heavy (non-hydrogen) atoms. The Bertz CT molecular complexity index is 271. The summed E-state index contributed by atoms with van der Waals surface area (Å²) in [4.78, 5) is 8.49. The summed E-state index contributed by atoms with van der Waals surface area (Å²) in [6.07, 6.45) is 9.72. The summed E-state index contributed by atoms with van der Waals surface area (Å²) >= 11 is 0. The van der Waals surface area contributed by atoms with Crippen LogP contribution < -0.4 is 0 Å². The van der Waals surface area contributed by atoms with Crippen molar-refractivity contribution >= 4 is 12.4 Å². The minimum atomic E-state index is 0.317. The molecule has 2 rings (SSSR count). The molecule has 2 atom stereocenters. The highest BCUT2D eigenvalue weighted by atomic mass is 14.8. The van der Waals surface area contributed by atoms with Crippen molar-refractivity contribution in [2.75, 3.05) is 0 Å². The number of dihydropyridines is 1. The Labute approximate surface area is 66.1 Å². The SMILES string of the molecule is CC1C=NC=C2C=CC=NC21. The lowest BCUT2D eigenvalue weighted by Gasteiger charge is -2.22. The maximum Gasteiger partial charge on any atom is 0.0838 e. The van der Waals surface area contributed by atoms with Crippen LogP contribution >= 0.6 is 0 Å². The Hall–Kier alpha value is -1.18. The average Bonchev–Trinajstić information content (AvgIpc) is 2.06. The van der Waals surface area contributed by atoms with E-state index >= 15 is 0 Å². The highest BCUT2D eigenvalue weighted by Gasteiger charge is 2.20. The molecule has 0 aromatic carbocycles. The van der Waals surface area contributed by atoms with Gasteiger partial charge in [-0.15, -0.1) is 0 Å². The molecule has 2 nitrogen and oxygen atoms in total. The molecule has 0 spiro atoms. The van der Waals surface area contributed by atoms with E-state index in [0.717, 1.165) is 0 Å². The Morgan fingerprint density at radius 3 is 3.18 bits per heavy atom. The number of rotatable bonds is 0. The standard InChI is InChI=1S/C9H10N2/c1-7-5-10-6-8-3-2-4-11-9(7)8/h2-7,9H,1H3. The van der Waals surface area contributed by atoms with E-state index in [9.17, 15) is 0 Å². The molecule has 0 saturated carbocycles. The minimum Gasteiger partial charge on any atom is -0.284 e. The van der Waals surface area contributed by atoms with Gasteiger partial charge in [-0.2, -0.15) is 0 Å². The third kappa shape index (κ3) is 1.04. The number of nitrogens with zero attached hydrogens (tertiary/aromatic N) is 2. The predicted molar refractivity (Wildman–Crippen MR) is 47.2 cm³/mol. The van der Waals surface area contributed by atoms with Gasteiger partial charge in [0, 0.05) is 24.5 Å². The highest BCUT2D eigenvalue weighted by molar-refractivity contribution is 5.77. The number of aliphatic imine (C=N–C) groups is 2. The Kier molecular flexibility index (Phi) is 1.46. The first-order valence-corrected chi connectivity index (χ1v) is 3.81. The third-order valence-electron chi connectivity index (χ3n) is 2.01. The van der Waals surface area contributed by atoms with Crippen molar-refractivity contribution in [2.45, 2.75) is 13.0 Å². The van der Waals surface area contributed by atoms with Crippen LogP contribution in [0, 0.1) is 5.92 Å². The Morgan fingerprint density at radius 2 is 2.36 bits per heavy atom. The predicted octanol–water partition coefficient (Wildman–Crippen LogP) is 1.60. The van der Waals surface area contributed by atoms with Gasteiger partial charge in [-0.25, -0.2) is 0 Å². The van der Waals surface area contributed by atoms with Gasteiger partial charge in [0.05, 0.1) is 6.04 Å². The van der Waals surface area contributed by atoms with E-state index in [4.69, 9.17) is 0 Å². The van der Waals surface area contributed by atoms with Crippen molar-refractivity contribution in [3.63, 3.8) is 0 Å². The molecule has 2 aliphatic rings. The number of allylic oxidation sites excluding steroid dienone is 1. The van der Waals surface area contributed by atoms with Gasteiger partial charge in [-0.1, -0.05) is 13.0 Å². The molecule has 0 bridgehead atoms. The van der Waals surface area contributed by atoms with E-state index in [0.29, 0.717) is 12.0 Å². The van der Waals surface area contributed by atoms with E-state index in [2.05, 4.69) is 23.0 Å². The summed E-state index contributed by atoms with van der Waals surface area (Å²) in [5.41, 5.74) is 1.22. The second-order valence-electron chi connectivity index (χ2n) is 2.89. The van der Waals surface area contributed by atoms with E-state index in [1.807, 2.05) is 24.7 Å². The van der Waals surface area contributed by atoms with Crippen LogP contribution in [0.1, 0.15) is 6.92 Å². The van der Waals surface area contributed by atoms with Crippen molar-refractivity contribution < 1.29 is 0 Å². The molecule has 0 aromatic heterocycles. The Morgan fingerprint density at radius 1 is 1.45 bits per heavy atom. The zero-order valence-corrected chi connectivity index (χ0v) is 6.44. The first-order valence-electron chi connectivity index (χ1n) is 3.81. The second kappa shape index (κ2) is 2.46. The lowest BCUT2D eigenvalue weighted by atomic mass is 9.93. The summed E-state index contributed by atoms with van der Waals surface area (Å²) in [7, 11) is 0. The maximum atomic E-state index is 4.36. The van der Waals surface area contributed by atoms with Crippen molar-refractivity contribution in [3.05, 3.63) is 23.9 Å². The van der Waals surface area contributed by atoms with Crippen molar-refractivity contribution in [3.8, 4) is 0 Å². The fourth-order valence-electron chi connectivity index (χ4n) is 1.39. The van der Waals surface area contributed by atoms with Gasteiger partial charge in [0.1, 0.15) is 0 Å². The average molecular weight is 146 g/mol. The molecule has 0 saturated heterocycles. The van der Waals surface area contributed by atoms with Gasteiger partial charge in [-0.05, 0) is 11.6 Å². The quantitative estimate of drug-likeness (QED) is 0.496. The zero-order chi connectivity index (χ0) is 7.68. The van der Waals surface area contributed by atoms with Crippen LogP contribution in [0.4, 0.5) is 0 Å². The molecule has 2 aliphatic heterocycles. The fourth-order valence-corrected chi connectivity index (χ4v) is 1.39. The summed E-state index contributed by atoms with van der Waals surface area (Å²) in [6, 6.07) is 0.317. The second-order valence-corrected chi connectivity index (χ2v) is 2.89. The molecule has 0 radical (unpaired) electrons. The number of hydrogen-bond acceptors (Lipinski definition) is 2. The monoisotopic (exact) mass is 146 g/mol. The van der Waals surface area contributed by atoms with Gasteiger partial charge in [0.2, 0.25) is 0 Å². The van der Waals surface area contributed by atoms with E-state index in [1.54, 1.807) is 0 Å². The third-order valence-corrected chi connectivity index (χ3v) is 2.01. The molecule has 0 aliphatic carbocycles. The first kappa shape index (κ1) is 6.53. The van der Waals surface area contributed by atoms with Gasteiger partial charge >= 0.3 is 0 Å². The van der Waals surface area contributed by atoms with Crippen LogP contribution in [0.25, 0.3) is 0 Å². The first-order chi connectivity index (χ1) is 5.38. The fraction of sp³-hybridized carbons (Fsp3) is 0.333. The van der Waals surface area contributed by atoms with Crippen LogP contribution in [0.5, 0.6) is 0 Å². The summed E-state index contributed by atoms with van der Waals surface area (Å²) < 4.78 is 0. The molecule has 2 unspecified atom stereocenters. The molecule has 2 heteroatoms. The summed E-state index contributed by atoms with van der Waals surface area (Å²) in [6.45, 7) is 2.14. The van der Waals surface area contributed by atoms with Crippen LogP contribution in [-0.2, 0) is 0 Å². The van der Waals surface area contributed by atoms with Gasteiger partial charge in [0.15, 0.2) is 0 Å². The molecular formula is C9H10N2. The molecule has 2 heterocycles. The van der Waals surface area contributed by atoms with Crippen molar-refractivity contribution in [2.24, 2.45) is 15.9 Å². The lowest BCUT2D eigenvalue weighted by Crippen LogP contribution is -2.22. The summed E-state index contributed by atoms with van der Waals surface area (Å²) in [5.74, 6) is 0.441. The van der Waals surface area contributed by atoms with E-state index in [-0.39, 0.29) is 0 Å². The Balaban J connectivity index is 2.35. The lowest BCUT2D eigenvalue weighted by molar-refractivity contribution is 0.649. The normalized spacial score (nSPS) is 33.4. The molecule has 56 valence electrons. The molecule has 0 amide bonds. The van der Waals surface area contributed by atoms with E-state index < -0.39 is 0 Å². The van der Waals surface area contributed by atoms with Crippen LogP contribution in [-0.4, -0.2) is 18.5 Å². The van der Waals surface area contributed by atoms with Crippen LogP contribution in [0.15, 0.2) is 33.9 Å². The maximum absolute atomic E-state index is 4.36. The topological polar surface area (TPSA) is 24.7 Å². The zero-order valence-electron chi connectivity index (χ0n) is 6.44. The number of hydrogen-bond donors (Lipinski definition) is 0. The molecule has 0 aromatic rings. The van der Waals surface area contributed by atoms with Gasteiger partial charge in [0.25, 0.3) is 0 Å². The van der Waals surface area contributed by atoms with Crippen LogP contribution in [0.3, 0.4) is 0 Å². The van der Waals surface area contributed by atoms with Gasteiger partial charge in [-0.3, -0.25) is 9.98 Å². The number of fused-ring (bicyclic) bond motifs is 1. The smallest absolute Gasteiger partial charge is 0.0838 e. The molecular weight excluding hydrogens is 136 g/mol. The van der Waals surface area contributed by atoms with Crippen LogP contribution in [0.2, 0.25) is 0 Å². The minimum absolute atomic E-state index is 0.317. The largest absolute Gasteiger partial charge is 0.284 e. The summed E-state index contributed by atoms with van der Waals surface area (Å²) in [5, 5.41) is 0. The van der Waals surface area contributed by atoms with E-state index in [1.165, 1.54) is 5.57 Å². The highest BCUT2D eigenvalue weighted by Crippen LogP contribution is 2.21. The van der Waals surface area contributed by atoms with Crippen molar-refractivity contribution in [1.29, 1.82) is 0 Å². The molecule has 0 fully saturated rings. The van der Waals surface area contributed by atoms with Gasteiger partial charge < -0.3 is 0 Å².